The zero-order valence-electron chi connectivity index (χ0n) is 26.9. The Morgan fingerprint density at radius 3 is 2.57 bits per heavy atom. The quantitative estimate of drug-likeness (QED) is 0.217. The molecule has 6 rings (SSSR count). The minimum Gasteiger partial charge on any atom is -0.376 e. The van der Waals surface area contributed by atoms with Gasteiger partial charge in [0.15, 0.2) is 0 Å². The molecule has 0 aliphatic heterocycles. The molecule has 0 amide bonds. The topological polar surface area (TPSA) is 38.9 Å². The van der Waals surface area contributed by atoms with E-state index in [0.717, 1.165) is 47.0 Å². The van der Waals surface area contributed by atoms with E-state index >= 15 is 0 Å². The lowest BCUT2D eigenvalue weighted by molar-refractivity contribution is -0.0826. The van der Waals surface area contributed by atoms with Gasteiger partial charge in [0.2, 0.25) is 4.80 Å². The lowest BCUT2D eigenvalue weighted by Crippen LogP contribution is -2.59. The summed E-state index contributed by atoms with van der Waals surface area (Å²) in [5.41, 5.74) is 4.38. The van der Waals surface area contributed by atoms with E-state index < -0.39 is 0 Å². The molecule has 0 saturated heterocycles. The van der Waals surface area contributed by atoms with E-state index in [9.17, 15) is 0 Å². The molecule has 0 radical (unpaired) electrons. The fourth-order valence-electron chi connectivity index (χ4n) is 10.2. The fourth-order valence-corrected chi connectivity index (χ4v) is 12.4. The van der Waals surface area contributed by atoms with Gasteiger partial charge in [-0.1, -0.05) is 93.3 Å². The van der Waals surface area contributed by atoms with Crippen molar-refractivity contribution in [2.45, 2.75) is 103 Å². The van der Waals surface area contributed by atoms with Crippen molar-refractivity contribution < 1.29 is 4.74 Å². The van der Waals surface area contributed by atoms with Gasteiger partial charge in [-0.15, -0.1) is 5.10 Å². The van der Waals surface area contributed by atoms with Gasteiger partial charge < -0.3 is 9.30 Å². The second kappa shape index (κ2) is 11.9. The molecule has 0 spiro atoms. The van der Waals surface area contributed by atoms with Gasteiger partial charge in [-0.3, -0.25) is 0 Å². The van der Waals surface area contributed by atoms with Crippen molar-refractivity contribution in [3.8, 4) is 0 Å². The highest BCUT2D eigenvalue weighted by Crippen LogP contribution is 2.68. The Kier molecular flexibility index (Phi) is 8.74. The van der Waals surface area contributed by atoms with Crippen LogP contribution in [-0.2, 0) is 11.8 Å². The SMILES string of the molecule is COC1C2=C/C(=N/N=c3/sc4ccccc4n3C)CC[C@]2(C)[C@H]2CC[C@]3(C)[C@@H]([C@H](C)CCCC(C)C)CC[C@H]3[C@@H]2C1Br. The molecular formula is C36H52BrN3OS. The summed E-state index contributed by atoms with van der Waals surface area (Å²) in [7, 11) is 4.01. The summed E-state index contributed by atoms with van der Waals surface area (Å²) in [6.07, 6.45) is 14.3. The first-order chi connectivity index (χ1) is 20.1. The third-order valence-corrected chi connectivity index (χ3v) is 14.6. The number of halogens is 1. The van der Waals surface area contributed by atoms with Gasteiger partial charge >= 0.3 is 0 Å². The van der Waals surface area contributed by atoms with Gasteiger partial charge in [0.25, 0.3) is 0 Å². The summed E-state index contributed by atoms with van der Waals surface area (Å²) in [6, 6.07) is 8.49. The van der Waals surface area contributed by atoms with Gasteiger partial charge in [0.05, 0.1) is 22.0 Å². The summed E-state index contributed by atoms with van der Waals surface area (Å²) >= 11 is 6.02. The number of hydrogen-bond donors (Lipinski definition) is 0. The molecule has 1 aromatic carbocycles. The number of aromatic nitrogens is 1. The summed E-state index contributed by atoms with van der Waals surface area (Å²) in [5.74, 6) is 4.67. The molecule has 230 valence electrons. The second-order valence-corrected chi connectivity index (χ2v) is 17.1. The first kappa shape index (κ1) is 30.8. The van der Waals surface area contributed by atoms with Crippen molar-refractivity contribution in [1.29, 1.82) is 0 Å². The van der Waals surface area contributed by atoms with Crippen LogP contribution in [0.4, 0.5) is 0 Å². The molecule has 3 saturated carbocycles. The Bertz CT molecular complexity index is 1420. The number of alkyl halides is 1. The zero-order valence-corrected chi connectivity index (χ0v) is 29.3. The van der Waals surface area contributed by atoms with Gasteiger partial charge in [0.1, 0.15) is 0 Å². The van der Waals surface area contributed by atoms with Crippen LogP contribution in [0.2, 0.25) is 0 Å². The minimum absolute atomic E-state index is 0.0899. The van der Waals surface area contributed by atoms with Crippen molar-refractivity contribution in [1.82, 2.24) is 4.57 Å². The van der Waals surface area contributed by atoms with Crippen molar-refractivity contribution in [2.75, 3.05) is 7.11 Å². The number of nitrogens with zero attached hydrogens (tertiary/aromatic N) is 3. The van der Waals surface area contributed by atoms with Crippen LogP contribution in [0.5, 0.6) is 0 Å². The molecule has 3 fully saturated rings. The number of fused-ring (bicyclic) bond motifs is 6. The van der Waals surface area contributed by atoms with E-state index in [1.807, 2.05) is 7.11 Å². The molecule has 0 N–H and O–H groups in total. The number of allylic oxidation sites excluding steroid dienone is 1. The first-order valence-corrected chi connectivity index (χ1v) is 18.4. The van der Waals surface area contributed by atoms with Gasteiger partial charge in [0, 0.05) is 19.0 Å². The number of rotatable bonds is 7. The number of para-hydroxylation sites is 1. The Hall–Kier alpha value is -1.24. The van der Waals surface area contributed by atoms with Crippen LogP contribution in [0.3, 0.4) is 0 Å². The maximum Gasteiger partial charge on any atom is 0.211 e. The van der Waals surface area contributed by atoms with Crippen LogP contribution in [0.25, 0.3) is 10.2 Å². The van der Waals surface area contributed by atoms with E-state index in [2.05, 4.69) is 92.5 Å². The van der Waals surface area contributed by atoms with Crippen LogP contribution in [-0.4, -0.2) is 28.3 Å². The molecule has 42 heavy (non-hydrogen) atoms. The average Bonchev–Trinajstić information content (AvgIpc) is 3.48. The van der Waals surface area contributed by atoms with E-state index in [0.29, 0.717) is 22.1 Å². The Morgan fingerprint density at radius 1 is 1.05 bits per heavy atom. The monoisotopic (exact) mass is 653 g/mol. The van der Waals surface area contributed by atoms with Crippen LogP contribution in [0, 0.1) is 46.3 Å². The van der Waals surface area contributed by atoms with Crippen LogP contribution >= 0.6 is 27.3 Å². The smallest absolute Gasteiger partial charge is 0.211 e. The number of hydrogen-bond acceptors (Lipinski definition) is 4. The Labute approximate surface area is 266 Å². The number of thiazole rings is 1. The van der Waals surface area contributed by atoms with Crippen LogP contribution in [0.1, 0.15) is 92.4 Å². The highest BCUT2D eigenvalue weighted by molar-refractivity contribution is 9.09. The van der Waals surface area contributed by atoms with Crippen molar-refractivity contribution in [2.24, 2.45) is 63.6 Å². The van der Waals surface area contributed by atoms with E-state index in [1.165, 1.54) is 60.7 Å². The molecule has 6 heteroatoms. The Morgan fingerprint density at radius 2 is 1.83 bits per heavy atom. The zero-order chi connectivity index (χ0) is 29.8. The number of ether oxygens (including phenoxy) is 1. The second-order valence-electron chi connectivity index (χ2n) is 15.0. The molecule has 1 heterocycles. The van der Waals surface area contributed by atoms with Crippen LogP contribution in [0.15, 0.2) is 46.1 Å². The van der Waals surface area contributed by atoms with Gasteiger partial charge in [-0.2, -0.15) is 5.10 Å². The lowest BCUT2D eigenvalue weighted by Gasteiger charge is -2.61. The maximum atomic E-state index is 6.39. The standard InChI is InChI=1S/C36H52BrN3OS/c1-22(2)11-10-12-23(3)25-15-16-26-31-27(18-20-35(25,26)4)36(5)19-17-24(21-28(36)33(41-7)32(31)37)38-39-34-40(6)29-13-8-9-14-30(29)42-34/h8-9,13-14,21-23,25-27,31-33H,10-12,15-20H2,1-7H3/b38-24+,39-34+/t23-,25-,26+,27+,31+,32?,33?,35-,36-/m1/s1. The summed E-state index contributed by atoms with van der Waals surface area (Å²) in [4.78, 5) is 1.30. The summed E-state index contributed by atoms with van der Waals surface area (Å²) in [5, 5.41) is 9.60. The van der Waals surface area contributed by atoms with Gasteiger partial charge in [-0.05, 0) is 109 Å². The van der Waals surface area contributed by atoms with E-state index in [-0.39, 0.29) is 11.5 Å². The predicted molar refractivity (Wildman–Crippen MR) is 181 cm³/mol. The molecular weight excluding hydrogens is 602 g/mol. The lowest BCUT2D eigenvalue weighted by atomic mass is 9.46. The molecule has 0 bridgehead atoms. The molecule has 4 aliphatic carbocycles. The third-order valence-electron chi connectivity index (χ3n) is 12.4. The summed E-state index contributed by atoms with van der Waals surface area (Å²) < 4.78 is 9.79. The van der Waals surface area contributed by atoms with E-state index in [4.69, 9.17) is 14.9 Å². The van der Waals surface area contributed by atoms with Crippen molar-refractivity contribution in [3.05, 3.63) is 40.7 Å². The Balaban J connectivity index is 1.27. The van der Waals surface area contributed by atoms with Crippen LogP contribution < -0.4 is 4.80 Å². The van der Waals surface area contributed by atoms with Crippen molar-refractivity contribution >= 4 is 43.2 Å². The number of methoxy groups -OCH3 is 1. The fraction of sp³-hybridized carbons (Fsp3) is 0.722. The average molecular weight is 655 g/mol. The minimum atomic E-state index is 0.0899. The molecule has 2 aromatic rings. The van der Waals surface area contributed by atoms with Gasteiger partial charge in [-0.25, -0.2) is 0 Å². The molecule has 9 atom stereocenters. The number of aryl methyl sites for hydroxylation is 1. The van der Waals surface area contributed by atoms with Crippen molar-refractivity contribution in [3.63, 3.8) is 0 Å². The first-order valence-electron chi connectivity index (χ1n) is 16.6. The normalized spacial score (nSPS) is 38.5. The number of benzene rings is 1. The molecule has 4 nitrogen and oxygen atoms in total. The highest BCUT2D eigenvalue weighted by atomic mass is 79.9. The molecule has 4 aliphatic rings. The predicted octanol–water partition coefficient (Wildman–Crippen LogP) is 9.54. The maximum absolute atomic E-state index is 6.39. The molecule has 1 aromatic heterocycles. The summed E-state index contributed by atoms with van der Waals surface area (Å²) in [6.45, 7) is 12.6. The van der Waals surface area contributed by atoms with E-state index in [1.54, 1.807) is 11.3 Å². The largest absolute Gasteiger partial charge is 0.376 e. The molecule has 2 unspecified atom stereocenters. The third kappa shape index (κ3) is 5.13. The highest BCUT2D eigenvalue weighted by Gasteiger charge is 2.63.